The van der Waals surface area contributed by atoms with Crippen molar-refractivity contribution in [3.8, 4) is 11.8 Å². The van der Waals surface area contributed by atoms with Gasteiger partial charge in [-0.2, -0.15) is 14.0 Å². The molecule has 10 heteroatoms. The average molecular weight is 340 g/mol. The Morgan fingerprint density at radius 2 is 1.92 bits per heavy atom. The van der Waals surface area contributed by atoms with Crippen LogP contribution in [0, 0.1) is 17.1 Å². The van der Waals surface area contributed by atoms with Gasteiger partial charge in [-0.05, 0) is 12.1 Å². The van der Waals surface area contributed by atoms with Crippen molar-refractivity contribution in [2.45, 2.75) is 6.61 Å². The highest BCUT2D eigenvalue weighted by atomic mass is 19.3. The number of hydrogen-bond donors (Lipinski definition) is 1. The fourth-order valence-electron chi connectivity index (χ4n) is 2.00. The summed E-state index contributed by atoms with van der Waals surface area (Å²) in [5, 5.41) is 11.7. The van der Waals surface area contributed by atoms with Crippen LogP contribution in [0.3, 0.4) is 0 Å². The van der Waals surface area contributed by atoms with E-state index in [1.54, 1.807) is 6.07 Å². The summed E-state index contributed by atoms with van der Waals surface area (Å²) in [7, 11) is 2.53. The van der Waals surface area contributed by atoms with Crippen molar-refractivity contribution in [1.82, 2.24) is 9.13 Å². The topological polar surface area (TPSA) is 89.1 Å². The number of hydrogen-bond acceptors (Lipinski definition) is 5. The lowest BCUT2D eigenvalue weighted by molar-refractivity contribution is -0.0521. The Balaban J connectivity index is 2.50. The number of ether oxygens (including phenoxy) is 1. The third-order valence-electron chi connectivity index (χ3n) is 3.19. The van der Waals surface area contributed by atoms with E-state index < -0.39 is 29.4 Å². The van der Waals surface area contributed by atoms with Crippen LogP contribution in [-0.4, -0.2) is 15.7 Å². The zero-order valence-electron chi connectivity index (χ0n) is 12.5. The molecule has 0 aliphatic rings. The number of nitrogens with zero attached hydrogens (tertiary/aromatic N) is 3. The summed E-state index contributed by atoms with van der Waals surface area (Å²) in [5.74, 6) is -1.88. The first-order valence-corrected chi connectivity index (χ1v) is 6.47. The van der Waals surface area contributed by atoms with Crippen LogP contribution in [0.15, 0.2) is 27.8 Å². The molecule has 2 rings (SSSR count). The number of nitriles is 1. The number of nitrogens with one attached hydrogen (secondary N) is 1. The first kappa shape index (κ1) is 17.1. The number of benzene rings is 1. The van der Waals surface area contributed by atoms with Gasteiger partial charge < -0.3 is 10.1 Å². The van der Waals surface area contributed by atoms with E-state index in [1.807, 2.05) is 0 Å². The largest absolute Gasteiger partial charge is 0.432 e. The number of aromatic nitrogens is 2. The summed E-state index contributed by atoms with van der Waals surface area (Å²) in [6.07, 6.45) is 0. The molecule has 0 saturated heterocycles. The minimum absolute atomic E-state index is 0.0360. The van der Waals surface area contributed by atoms with Crippen molar-refractivity contribution >= 4 is 11.5 Å². The van der Waals surface area contributed by atoms with E-state index in [0.29, 0.717) is 0 Å². The second-order valence-electron chi connectivity index (χ2n) is 4.69. The zero-order chi connectivity index (χ0) is 18.0. The van der Waals surface area contributed by atoms with Gasteiger partial charge in [0.15, 0.2) is 17.1 Å². The molecule has 0 fully saturated rings. The highest BCUT2D eigenvalue weighted by molar-refractivity contribution is 5.63. The highest BCUT2D eigenvalue weighted by Gasteiger charge is 2.16. The Morgan fingerprint density at radius 1 is 1.25 bits per heavy atom. The lowest BCUT2D eigenvalue weighted by atomic mass is 10.2. The van der Waals surface area contributed by atoms with Crippen molar-refractivity contribution in [2.24, 2.45) is 14.1 Å². The van der Waals surface area contributed by atoms with Gasteiger partial charge in [0.2, 0.25) is 0 Å². The quantitative estimate of drug-likeness (QED) is 0.910. The molecule has 24 heavy (non-hydrogen) atoms. The Bertz CT molecular complexity index is 944. The smallest absolute Gasteiger partial charge is 0.387 e. The molecule has 0 unspecified atom stereocenters. The van der Waals surface area contributed by atoms with E-state index in [4.69, 9.17) is 5.26 Å². The van der Waals surface area contributed by atoms with Gasteiger partial charge in [-0.25, -0.2) is 9.18 Å². The van der Waals surface area contributed by atoms with Gasteiger partial charge in [-0.1, -0.05) is 0 Å². The number of rotatable bonds is 4. The van der Waals surface area contributed by atoms with Crippen molar-refractivity contribution in [3.63, 3.8) is 0 Å². The SMILES string of the molecule is Cn1c(Nc2ccc(OC(F)F)c(F)c2)c(C#N)c(=O)n(C)c1=O. The molecule has 1 heterocycles. The first-order chi connectivity index (χ1) is 11.3. The van der Waals surface area contributed by atoms with Gasteiger partial charge in [0.05, 0.1) is 0 Å². The van der Waals surface area contributed by atoms with Crippen LogP contribution < -0.4 is 21.3 Å². The maximum Gasteiger partial charge on any atom is 0.387 e. The predicted molar refractivity (Wildman–Crippen MR) is 78.0 cm³/mol. The molecule has 2 aromatic rings. The minimum atomic E-state index is -3.18. The zero-order valence-corrected chi connectivity index (χ0v) is 12.5. The molecule has 1 N–H and O–H groups in total. The number of halogens is 3. The van der Waals surface area contributed by atoms with Gasteiger partial charge in [-0.15, -0.1) is 0 Å². The first-order valence-electron chi connectivity index (χ1n) is 6.47. The number of alkyl halides is 2. The fraction of sp³-hybridized carbons (Fsp3) is 0.214. The molecule has 1 aromatic heterocycles. The average Bonchev–Trinajstić information content (AvgIpc) is 2.53. The third-order valence-corrected chi connectivity index (χ3v) is 3.19. The van der Waals surface area contributed by atoms with Crippen LogP contribution in [0.5, 0.6) is 5.75 Å². The van der Waals surface area contributed by atoms with Crippen LogP contribution in [0.4, 0.5) is 24.7 Å². The van der Waals surface area contributed by atoms with Crippen molar-refractivity contribution in [1.29, 1.82) is 5.26 Å². The van der Waals surface area contributed by atoms with Crippen molar-refractivity contribution < 1.29 is 17.9 Å². The number of anilines is 2. The van der Waals surface area contributed by atoms with E-state index >= 15 is 0 Å². The monoisotopic (exact) mass is 340 g/mol. The van der Waals surface area contributed by atoms with E-state index in [9.17, 15) is 22.8 Å². The lowest BCUT2D eigenvalue weighted by Gasteiger charge is -2.14. The molecule has 0 aliphatic carbocycles. The van der Waals surface area contributed by atoms with E-state index in [-0.39, 0.29) is 17.1 Å². The van der Waals surface area contributed by atoms with Crippen LogP contribution in [0.2, 0.25) is 0 Å². The Labute approximate surface area is 133 Å². The molecule has 1 aromatic carbocycles. The Morgan fingerprint density at radius 3 is 2.46 bits per heavy atom. The van der Waals surface area contributed by atoms with Crippen LogP contribution in [-0.2, 0) is 14.1 Å². The molecule has 0 radical (unpaired) electrons. The molecule has 126 valence electrons. The summed E-state index contributed by atoms with van der Waals surface area (Å²) in [6, 6.07) is 4.66. The summed E-state index contributed by atoms with van der Waals surface area (Å²) in [4.78, 5) is 23.8. The van der Waals surface area contributed by atoms with Crippen LogP contribution >= 0.6 is 0 Å². The van der Waals surface area contributed by atoms with E-state index in [1.165, 1.54) is 20.2 Å². The molecular weight excluding hydrogens is 329 g/mol. The lowest BCUT2D eigenvalue weighted by Crippen LogP contribution is -2.39. The van der Waals surface area contributed by atoms with E-state index in [2.05, 4.69) is 10.1 Å². The van der Waals surface area contributed by atoms with Gasteiger partial charge in [0, 0.05) is 25.8 Å². The highest BCUT2D eigenvalue weighted by Crippen LogP contribution is 2.25. The third kappa shape index (κ3) is 3.10. The second kappa shape index (κ2) is 6.49. The Kier molecular flexibility index (Phi) is 4.64. The summed E-state index contributed by atoms with van der Waals surface area (Å²) < 4.78 is 43.7. The van der Waals surface area contributed by atoms with Crippen LogP contribution in [0.1, 0.15) is 5.56 Å². The predicted octanol–water partition coefficient (Wildman–Crippen LogP) is 1.44. The molecule has 0 amide bonds. The maximum absolute atomic E-state index is 13.7. The fourth-order valence-corrected chi connectivity index (χ4v) is 2.00. The summed E-state index contributed by atoms with van der Waals surface area (Å²) in [5.41, 5.74) is -1.83. The van der Waals surface area contributed by atoms with Gasteiger partial charge in [0.25, 0.3) is 5.56 Å². The van der Waals surface area contributed by atoms with Crippen molar-refractivity contribution in [2.75, 3.05) is 5.32 Å². The molecule has 0 spiro atoms. The molecule has 0 atom stereocenters. The van der Waals surface area contributed by atoms with Crippen LogP contribution in [0.25, 0.3) is 0 Å². The molecule has 0 saturated carbocycles. The normalized spacial score (nSPS) is 10.5. The molecular formula is C14H11F3N4O3. The molecule has 7 nitrogen and oxygen atoms in total. The van der Waals surface area contributed by atoms with Crippen molar-refractivity contribution in [3.05, 3.63) is 50.4 Å². The maximum atomic E-state index is 13.7. The Hall–Kier alpha value is -3.22. The van der Waals surface area contributed by atoms with E-state index in [0.717, 1.165) is 21.3 Å². The van der Waals surface area contributed by atoms with Gasteiger partial charge >= 0.3 is 12.3 Å². The minimum Gasteiger partial charge on any atom is -0.432 e. The second-order valence-corrected chi connectivity index (χ2v) is 4.69. The van der Waals surface area contributed by atoms with Gasteiger partial charge in [0.1, 0.15) is 11.9 Å². The standard InChI is InChI=1S/C14H11F3N4O3/c1-20-11(8(6-18)12(22)21(2)14(20)23)19-7-3-4-10(9(15)5-7)24-13(16)17/h3-5,13,19H,1-2H3. The summed E-state index contributed by atoms with van der Waals surface area (Å²) >= 11 is 0. The summed E-state index contributed by atoms with van der Waals surface area (Å²) in [6.45, 7) is -3.18. The van der Waals surface area contributed by atoms with Gasteiger partial charge in [-0.3, -0.25) is 13.9 Å². The molecule has 0 aliphatic heterocycles. The molecule has 0 bridgehead atoms.